The summed E-state index contributed by atoms with van der Waals surface area (Å²) < 4.78 is 5.76. The Morgan fingerprint density at radius 2 is 2.12 bits per heavy atom. The lowest BCUT2D eigenvalue weighted by Crippen LogP contribution is -2.54. The molecule has 0 aliphatic carbocycles. The van der Waals surface area contributed by atoms with Gasteiger partial charge in [0.2, 0.25) is 5.91 Å². The Bertz CT molecular complexity index is 739. The van der Waals surface area contributed by atoms with Gasteiger partial charge in [0.05, 0.1) is 6.20 Å². The van der Waals surface area contributed by atoms with Crippen LogP contribution in [-0.2, 0) is 11.2 Å². The van der Waals surface area contributed by atoms with E-state index in [9.17, 15) is 4.79 Å². The fraction of sp³-hybridized carbons (Fsp3) is 0.474. The third kappa shape index (κ3) is 4.22. The molecule has 2 aromatic rings. The van der Waals surface area contributed by atoms with Gasteiger partial charge in [-0.2, -0.15) is 0 Å². The standard InChI is InChI=1S/C19H24ClN3O2/c1-19(2)12-23(10-9-16(19)21)18(24)8-7-17-22-11-15(25-17)13-3-5-14(20)6-4-13/h3-6,11,16H,7-10,12,21H2,1-2H3. The topological polar surface area (TPSA) is 72.4 Å². The molecule has 6 heteroatoms. The van der Waals surface area contributed by atoms with Crippen molar-refractivity contribution in [3.63, 3.8) is 0 Å². The number of benzene rings is 1. The minimum Gasteiger partial charge on any atom is -0.441 e. The van der Waals surface area contributed by atoms with Crippen molar-refractivity contribution in [2.75, 3.05) is 13.1 Å². The molecule has 1 aliphatic heterocycles. The monoisotopic (exact) mass is 361 g/mol. The summed E-state index contributed by atoms with van der Waals surface area (Å²) in [5.41, 5.74) is 7.01. The highest BCUT2D eigenvalue weighted by molar-refractivity contribution is 6.30. The van der Waals surface area contributed by atoms with Crippen LogP contribution in [-0.4, -0.2) is 34.9 Å². The molecular weight excluding hydrogens is 338 g/mol. The molecule has 0 saturated carbocycles. The quantitative estimate of drug-likeness (QED) is 0.904. The number of halogens is 1. The first-order chi connectivity index (χ1) is 11.8. The molecule has 0 radical (unpaired) electrons. The summed E-state index contributed by atoms with van der Waals surface area (Å²) in [6.45, 7) is 5.66. The normalized spacial score (nSPS) is 19.8. The minimum absolute atomic E-state index is 0.0431. The van der Waals surface area contributed by atoms with Crippen LogP contribution in [0.5, 0.6) is 0 Å². The number of likely N-dealkylation sites (tertiary alicyclic amines) is 1. The van der Waals surface area contributed by atoms with Crippen LogP contribution in [0.1, 0.15) is 32.6 Å². The predicted molar refractivity (Wildman–Crippen MR) is 98.2 cm³/mol. The average Bonchev–Trinajstić information content (AvgIpc) is 3.04. The second-order valence-electron chi connectivity index (χ2n) is 7.32. The van der Waals surface area contributed by atoms with Gasteiger partial charge in [-0.05, 0) is 36.1 Å². The number of carbonyl (C=O) groups excluding carboxylic acids is 1. The van der Waals surface area contributed by atoms with E-state index < -0.39 is 0 Å². The Hall–Kier alpha value is -1.85. The average molecular weight is 362 g/mol. The third-order valence-corrected chi connectivity index (χ3v) is 5.15. The Morgan fingerprint density at radius 1 is 1.40 bits per heavy atom. The first-order valence-electron chi connectivity index (χ1n) is 8.59. The number of aromatic nitrogens is 1. The molecule has 0 spiro atoms. The Balaban J connectivity index is 1.57. The van der Waals surface area contributed by atoms with Crippen LogP contribution in [0.3, 0.4) is 0 Å². The predicted octanol–water partition coefficient (Wildman–Crippen LogP) is 3.51. The zero-order valence-electron chi connectivity index (χ0n) is 14.7. The van der Waals surface area contributed by atoms with Crippen molar-refractivity contribution in [3.05, 3.63) is 41.4 Å². The van der Waals surface area contributed by atoms with Crippen LogP contribution in [0.2, 0.25) is 5.02 Å². The minimum atomic E-state index is -0.0431. The molecule has 134 valence electrons. The second-order valence-corrected chi connectivity index (χ2v) is 7.76. The number of hydrogen-bond donors (Lipinski definition) is 1. The van der Waals surface area contributed by atoms with Gasteiger partial charge in [0.25, 0.3) is 0 Å². The molecule has 1 aliphatic rings. The number of oxazole rings is 1. The molecule has 1 amide bonds. The molecule has 1 saturated heterocycles. The van der Waals surface area contributed by atoms with Gasteiger partial charge in [-0.1, -0.05) is 25.4 Å². The summed E-state index contributed by atoms with van der Waals surface area (Å²) >= 11 is 5.90. The first kappa shape index (κ1) is 18.0. The number of aryl methyl sites for hydroxylation is 1. The zero-order valence-corrected chi connectivity index (χ0v) is 15.4. The van der Waals surface area contributed by atoms with Crippen LogP contribution in [0, 0.1) is 5.41 Å². The van der Waals surface area contributed by atoms with E-state index >= 15 is 0 Å². The highest BCUT2D eigenvalue weighted by atomic mass is 35.5. The van der Waals surface area contributed by atoms with E-state index in [2.05, 4.69) is 18.8 Å². The van der Waals surface area contributed by atoms with E-state index in [1.807, 2.05) is 29.2 Å². The molecule has 3 rings (SSSR count). The second kappa shape index (κ2) is 7.18. The van der Waals surface area contributed by atoms with Gasteiger partial charge in [-0.15, -0.1) is 0 Å². The molecule has 2 N–H and O–H groups in total. The molecule has 1 unspecified atom stereocenters. The van der Waals surface area contributed by atoms with Gasteiger partial charge in [0, 0.05) is 42.6 Å². The SMILES string of the molecule is CC1(C)CN(C(=O)CCc2ncc(-c3ccc(Cl)cc3)o2)CCC1N. The molecule has 5 nitrogen and oxygen atoms in total. The highest BCUT2D eigenvalue weighted by Gasteiger charge is 2.35. The number of rotatable bonds is 4. The third-order valence-electron chi connectivity index (χ3n) is 4.90. The van der Waals surface area contributed by atoms with E-state index in [1.165, 1.54) is 0 Å². The van der Waals surface area contributed by atoms with Crippen molar-refractivity contribution in [1.82, 2.24) is 9.88 Å². The van der Waals surface area contributed by atoms with Crippen LogP contribution < -0.4 is 5.73 Å². The van der Waals surface area contributed by atoms with Crippen LogP contribution in [0.4, 0.5) is 0 Å². The zero-order chi connectivity index (χ0) is 18.0. The first-order valence-corrected chi connectivity index (χ1v) is 8.97. The van der Waals surface area contributed by atoms with Crippen molar-refractivity contribution < 1.29 is 9.21 Å². The molecule has 2 heterocycles. The number of piperidine rings is 1. The molecule has 1 fully saturated rings. The maximum Gasteiger partial charge on any atom is 0.223 e. The fourth-order valence-corrected chi connectivity index (χ4v) is 3.26. The van der Waals surface area contributed by atoms with E-state index in [0.29, 0.717) is 36.1 Å². The Kier molecular flexibility index (Phi) is 5.16. The smallest absolute Gasteiger partial charge is 0.223 e. The van der Waals surface area contributed by atoms with Crippen molar-refractivity contribution >= 4 is 17.5 Å². The van der Waals surface area contributed by atoms with Crippen molar-refractivity contribution in [2.45, 2.75) is 39.2 Å². The number of nitrogens with zero attached hydrogens (tertiary/aromatic N) is 2. The molecule has 0 bridgehead atoms. The number of amides is 1. The van der Waals surface area contributed by atoms with Crippen LogP contribution in [0.15, 0.2) is 34.9 Å². The van der Waals surface area contributed by atoms with Gasteiger partial charge in [-0.3, -0.25) is 4.79 Å². The van der Waals surface area contributed by atoms with E-state index in [-0.39, 0.29) is 17.4 Å². The van der Waals surface area contributed by atoms with Gasteiger partial charge in [0.15, 0.2) is 11.7 Å². The maximum absolute atomic E-state index is 12.5. The van der Waals surface area contributed by atoms with E-state index in [0.717, 1.165) is 18.5 Å². The van der Waals surface area contributed by atoms with Gasteiger partial charge >= 0.3 is 0 Å². The summed E-state index contributed by atoms with van der Waals surface area (Å²) in [5.74, 6) is 1.39. The van der Waals surface area contributed by atoms with Gasteiger partial charge < -0.3 is 15.1 Å². The summed E-state index contributed by atoms with van der Waals surface area (Å²) in [7, 11) is 0. The van der Waals surface area contributed by atoms with Gasteiger partial charge in [0.1, 0.15) is 0 Å². The van der Waals surface area contributed by atoms with Crippen LogP contribution >= 0.6 is 11.6 Å². The molecule has 1 aromatic heterocycles. The summed E-state index contributed by atoms with van der Waals surface area (Å²) in [6, 6.07) is 7.54. The Labute approximate surface area is 153 Å². The van der Waals surface area contributed by atoms with E-state index in [4.69, 9.17) is 21.8 Å². The molecular formula is C19H24ClN3O2. The number of nitrogens with two attached hydrogens (primary N) is 1. The van der Waals surface area contributed by atoms with Crippen molar-refractivity contribution in [1.29, 1.82) is 0 Å². The molecule has 1 atom stereocenters. The highest BCUT2D eigenvalue weighted by Crippen LogP contribution is 2.28. The lowest BCUT2D eigenvalue weighted by molar-refractivity contribution is -0.134. The maximum atomic E-state index is 12.5. The Morgan fingerprint density at radius 3 is 2.80 bits per heavy atom. The molecule has 1 aromatic carbocycles. The van der Waals surface area contributed by atoms with Crippen molar-refractivity contribution in [2.24, 2.45) is 11.1 Å². The molecule has 25 heavy (non-hydrogen) atoms. The van der Waals surface area contributed by atoms with Gasteiger partial charge in [-0.25, -0.2) is 4.98 Å². The summed E-state index contributed by atoms with van der Waals surface area (Å²) in [6.07, 6.45) is 3.42. The lowest BCUT2D eigenvalue weighted by atomic mass is 9.79. The number of carbonyl (C=O) groups is 1. The van der Waals surface area contributed by atoms with E-state index in [1.54, 1.807) is 6.20 Å². The summed E-state index contributed by atoms with van der Waals surface area (Å²) in [4.78, 5) is 18.7. The number of hydrogen-bond acceptors (Lipinski definition) is 4. The fourth-order valence-electron chi connectivity index (χ4n) is 3.13. The van der Waals surface area contributed by atoms with Crippen molar-refractivity contribution in [3.8, 4) is 11.3 Å². The largest absolute Gasteiger partial charge is 0.441 e. The lowest BCUT2D eigenvalue weighted by Gasteiger charge is -2.42. The van der Waals surface area contributed by atoms with Crippen LogP contribution in [0.25, 0.3) is 11.3 Å². The summed E-state index contributed by atoms with van der Waals surface area (Å²) in [5, 5.41) is 0.679.